The topological polar surface area (TPSA) is 69.7 Å². The number of hydrogen-bond donors (Lipinski definition) is 1. The van der Waals surface area contributed by atoms with Gasteiger partial charge in [0.05, 0.1) is 0 Å². The van der Waals surface area contributed by atoms with Crippen LogP contribution in [0.5, 0.6) is 0 Å². The van der Waals surface area contributed by atoms with Crippen LogP contribution in [0.25, 0.3) is 0 Å². The Morgan fingerprint density at radius 2 is 1.81 bits per heavy atom. The number of carbonyl (C=O) groups excluding carboxylic acids is 3. The van der Waals surface area contributed by atoms with E-state index in [0.717, 1.165) is 38.6 Å². The molecule has 1 spiro atoms. The lowest BCUT2D eigenvalue weighted by Crippen LogP contribution is -2.55. The van der Waals surface area contributed by atoms with Crippen LogP contribution in [0.15, 0.2) is 0 Å². The summed E-state index contributed by atoms with van der Waals surface area (Å²) in [6, 6.07) is -0.0670. The molecule has 6 nitrogen and oxygen atoms in total. The van der Waals surface area contributed by atoms with Gasteiger partial charge >= 0.3 is 6.03 Å². The predicted molar refractivity (Wildman–Crippen MR) is 97.3 cm³/mol. The number of fused-ring (bicyclic) bond motifs is 1. The van der Waals surface area contributed by atoms with Gasteiger partial charge in [0.25, 0.3) is 5.91 Å². The normalized spacial score (nSPS) is 37.7. The van der Waals surface area contributed by atoms with Gasteiger partial charge in [0.1, 0.15) is 12.1 Å². The molecule has 4 atom stereocenters. The number of piperidine rings is 1. The van der Waals surface area contributed by atoms with Crippen LogP contribution in [-0.2, 0) is 9.59 Å². The summed E-state index contributed by atoms with van der Waals surface area (Å²) in [4.78, 5) is 41.8. The maximum absolute atomic E-state index is 13.1. The Hall–Kier alpha value is -1.59. The van der Waals surface area contributed by atoms with E-state index in [9.17, 15) is 14.4 Å². The lowest BCUT2D eigenvalue weighted by Gasteiger charge is -2.44. The van der Waals surface area contributed by atoms with Crippen molar-refractivity contribution in [1.29, 1.82) is 0 Å². The molecule has 0 bridgehead atoms. The zero-order valence-corrected chi connectivity index (χ0v) is 15.8. The minimum Gasteiger partial charge on any atom is -0.338 e. The summed E-state index contributed by atoms with van der Waals surface area (Å²) in [7, 11) is 0. The van der Waals surface area contributed by atoms with Crippen molar-refractivity contribution in [2.45, 2.75) is 82.7 Å². The van der Waals surface area contributed by atoms with Crippen LogP contribution in [0.1, 0.15) is 71.1 Å². The molecular formula is C20H31N3O3. The number of rotatable bonds is 2. The fraction of sp³-hybridized carbons (Fsp3) is 0.850. The zero-order chi connectivity index (χ0) is 18.3. The molecule has 26 heavy (non-hydrogen) atoms. The SMILES string of the molecule is C[C@H]1CCCC[C@]12NC(=O)N(CC(=O)N1CCC[C@H]3CCCC[C@@H]31)C2=O. The number of carbonyl (C=O) groups is 3. The Bertz CT molecular complexity index is 605. The van der Waals surface area contributed by atoms with E-state index >= 15 is 0 Å². The summed E-state index contributed by atoms with van der Waals surface area (Å²) in [5, 5.41) is 2.95. The second-order valence-electron chi connectivity index (χ2n) is 8.78. The molecule has 4 amide bonds. The molecule has 2 heterocycles. The van der Waals surface area contributed by atoms with E-state index < -0.39 is 5.54 Å². The van der Waals surface area contributed by atoms with Gasteiger partial charge in [-0.05, 0) is 50.4 Å². The average Bonchev–Trinajstić information content (AvgIpc) is 2.88. The highest BCUT2D eigenvalue weighted by atomic mass is 16.2. The molecule has 0 aromatic rings. The third kappa shape index (κ3) is 2.81. The van der Waals surface area contributed by atoms with Crippen LogP contribution in [0.4, 0.5) is 4.79 Å². The van der Waals surface area contributed by atoms with Crippen LogP contribution >= 0.6 is 0 Å². The van der Waals surface area contributed by atoms with Gasteiger partial charge in [0, 0.05) is 12.6 Å². The van der Waals surface area contributed by atoms with Crippen molar-refractivity contribution in [1.82, 2.24) is 15.1 Å². The second kappa shape index (κ2) is 6.86. The van der Waals surface area contributed by atoms with E-state index in [1.54, 1.807) is 0 Å². The smallest absolute Gasteiger partial charge is 0.325 e. The number of hydrogen-bond acceptors (Lipinski definition) is 3. The first-order valence-electron chi connectivity index (χ1n) is 10.5. The van der Waals surface area contributed by atoms with Gasteiger partial charge in [-0.15, -0.1) is 0 Å². The number of nitrogens with one attached hydrogen (secondary N) is 1. The number of nitrogens with zero attached hydrogens (tertiary/aromatic N) is 2. The summed E-state index contributed by atoms with van der Waals surface area (Å²) in [6.07, 6.45) is 10.6. The van der Waals surface area contributed by atoms with Crippen LogP contribution in [0.2, 0.25) is 0 Å². The van der Waals surface area contributed by atoms with E-state index in [4.69, 9.17) is 0 Å². The minimum absolute atomic E-state index is 0.0504. The van der Waals surface area contributed by atoms with E-state index in [1.165, 1.54) is 30.6 Å². The Balaban J connectivity index is 1.47. The molecule has 2 aliphatic carbocycles. The van der Waals surface area contributed by atoms with Crippen LogP contribution in [-0.4, -0.2) is 52.3 Å². The van der Waals surface area contributed by atoms with Gasteiger partial charge in [-0.1, -0.05) is 32.6 Å². The van der Waals surface area contributed by atoms with E-state index in [1.807, 2.05) is 11.8 Å². The first kappa shape index (κ1) is 17.8. The highest BCUT2D eigenvalue weighted by molar-refractivity contribution is 6.09. The van der Waals surface area contributed by atoms with Gasteiger partial charge < -0.3 is 10.2 Å². The third-order valence-electron chi connectivity index (χ3n) is 7.36. The van der Waals surface area contributed by atoms with Gasteiger partial charge in [-0.2, -0.15) is 0 Å². The summed E-state index contributed by atoms with van der Waals surface area (Å²) in [6.45, 7) is 2.72. The molecule has 0 aromatic heterocycles. The molecule has 0 aromatic carbocycles. The zero-order valence-electron chi connectivity index (χ0n) is 15.8. The molecule has 2 saturated heterocycles. The summed E-state index contributed by atoms with van der Waals surface area (Å²) < 4.78 is 0. The first-order chi connectivity index (χ1) is 12.5. The van der Waals surface area contributed by atoms with Crippen LogP contribution in [0, 0.1) is 11.8 Å². The Labute approximate surface area is 155 Å². The van der Waals surface area contributed by atoms with Gasteiger partial charge in [0.15, 0.2) is 0 Å². The molecule has 0 unspecified atom stereocenters. The average molecular weight is 361 g/mol. The number of imide groups is 1. The lowest BCUT2D eigenvalue weighted by molar-refractivity contribution is -0.144. The molecule has 2 aliphatic heterocycles. The number of urea groups is 1. The van der Waals surface area contributed by atoms with Crippen molar-refractivity contribution in [3.63, 3.8) is 0 Å². The molecular weight excluding hydrogens is 330 g/mol. The third-order valence-corrected chi connectivity index (χ3v) is 7.36. The highest BCUT2D eigenvalue weighted by Gasteiger charge is 2.55. The lowest BCUT2D eigenvalue weighted by atomic mass is 9.73. The van der Waals surface area contributed by atoms with E-state index in [0.29, 0.717) is 18.4 Å². The Morgan fingerprint density at radius 3 is 2.62 bits per heavy atom. The van der Waals surface area contributed by atoms with Crippen molar-refractivity contribution in [2.24, 2.45) is 11.8 Å². The monoisotopic (exact) mass is 361 g/mol. The molecule has 6 heteroatoms. The van der Waals surface area contributed by atoms with Crippen molar-refractivity contribution in [2.75, 3.05) is 13.1 Å². The van der Waals surface area contributed by atoms with Crippen LogP contribution < -0.4 is 5.32 Å². The van der Waals surface area contributed by atoms with Crippen molar-refractivity contribution < 1.29 is 14.4 Å². The molecule has 4 aliphatic rings. The van der Waals surface area contributed by atoms with E-state index in [2.05, 4.69) is 5.32 Å². The molecule has 0 radical (unpaired) electrons. The van der Waals surface area contributed by atoms with E-state index in [-0.39, 0.29) is 30.3 Å². The summed E-state index contributed by atoms with van der Waals surface area (Å²) >= 11 is 0. The fourth-order valence-electron chi connectivity index (χ4n) is 5.80. The maximum Gasteiger partial charge on any atom is 0.325 e. The maximum atomic E-state index is 13.1. The predicted octanol–water partition coefficient (Wildman–Crippen LogP) is 2.67. The molecule has 144 valence electrons. The molecule has 4 fully saturated rings. The number of amides is 4. The summed E-state index contributed by atoms with van der Waals surface area (Å²) in [5.41, 5.74) is -0.773. The molecule has 1 N–H and O–H groups in total. The van der Waals surface area contributed by atoms with Crippen molar-refractivity contribution in [3.8, 4) is 0 Å². The quantitative estimate of drug-likeness (QED) is 0.769. The summed E-state index contributed by atoms with van der Waals surface area (Å²) in [5.74, 6) is 0.505. The number of likely N-dealkylation sites (tertiary alicyclic amines) is 1. The van der Waals surface area contributed by atoms with Gasteiger partial charge in [-0.3, -0.25) is 14.5 Å². The first-order valence-corrected chi connectivity index (χ1v) is 10.5. The standard InChI is InChI=1S/C20H31N3O3/c1-14-7-4-5-11-20(14)18(25)23(19(26)21-20)13-17(24)22-12-6-9-15-8-2-3-10-16(15)22/h14-16H,2-13H2,1H3,(H,21,26)/t14-,15+,16-,20-/m0/s1. The van der Waals surface area contributed by atoms with Gasteiger partial charge in [-0.25, -0.2) is 4.79 Å². The molecule has 4 rings (SSSR count). The van der Waals surface area contributed by atoms with Crippen molar-refractivity contribution >= 4 is 17.8 Å². The Morgan fingerprint density at radius 1 is 1.08 bits per heavy atom. The second-order valence-corrected chi connectivity index (χ2v) is 8.78. The largest absolute Gasteiger partial charge is 0.338 e. The minimum atomic E-state index is -0.773. The van der Waals surface area contributed by atoms with Crippen molar-refractivity contribution in [3.05, 3.63) is 0 Å². The van der Waals surface area contributed by atoms with Crippen LogP contribution in [0.3, 0.4) is 0 Å². The Kier molecular flexibility index (Phi) is 4.70. The van der Waals surface area contributed by atoms with Gasteiger partial charge in [0.2, 0.25) is 5.91 Å². The fourth-order valence-corrected chi connectivity index (χ4v) is 5.80. The highest BCUT2D eigenvalue weighted by Crippen LogP contribution is 2.39. The molecule has 2 saturated carbocycles.